The average Bonchev–Trinajstić information content (AvgIpc) is 3.05. The monoisotopic (exact) mass is 286 g/mol. The van der Waals surface area contributed by atoms with E-state index in [1.54, 1.807) is 12.5 Å². The van der Waals surface area contributed by atoms with Gasteiger partial charge in [-0.15, -0.1) is 10.2 Å². The number of Topliss-reactive ketones (excluding diaryl/α,β-unsaturated/α-hetero) is 1. The zero-order valence-electron chi connectivity index (χ0n) is 11.2. The van der Waals surface area contributed by atoms with Crippen molar-refractivity contribution >= 4 is 28.4 Å². The van der Waals surface area contributed by atoms with Gasteiger partial charge >= 0.3 is 0 Å². The molecule has 0 aliphatic carbocycles. The SMILES string of the molecule is C[C@@H](Sc1nncn1C)C(=O)c1c[nH]c2ccccc12. The van der Waals surface area contributed by atoms with Gasteiger partial charge in [0.05, 0.1) is 5.25 Å². The van der Waals surface area contributed by atoms with Crippen LogP contribution >= 0.6 is 11.8 Å². The Hall–Kier alpha value is -2.08. The number of benzene rings is 1. The number of aromatic nitrogens is 4. The fraction of sp³-hybridized carbons (Fsp3) is 0.214. The van der Waals surface area contributed by atoms with Crippen LogP contribution in [0.3, 0.4) is 0 Å². The van der Waals surface area contributed by atoms with Crippen LogP contribution in [-0.2, 0) is 7.05 Å². The Labute approximate surface area is 120 Å². The van der Waals surface area contributed by atoms with E-state index in [0.29, 0.717) is 0 Å². The Morgan fingerprint density at radius 2 is 2.20 bits per heavy atom. The first-order valence-electron chi connectivity index (χ1n) is 6.28. The zero-order chi connectivity index (χ0) is 14.1. The van der Waals surface area contributed by atoms with Gasteiger partial charge in [-0.3, -0.25) is 4.79 Å². The molecule has 0 aliphatic rings. The molecular weight excluding hydrogens is 272 g/mol. The number of nitrogens with one attached hydrogen (secondary N) is 1. The summed E-state index contributed by atoms with van der Waals surface area (Å²) in [7, 11) is 1.87. The standard InChI is InChI=1S/C14H14N4OS/c1-9(20-14-17-16-8-18(14)2)13(19)11-7-15-12-6-4-3-5-10(11)12/h3-9,15H,1-2H3/t9-/m1/s1. The predicted octanol–water partition coefficient (Wildman–Crippen LogP) is 2.66. The normalized spacial score (nSPS) is 12.7. The van der Waals surface area contributed by atoms with Gasteiger partial charge in [0.15, 0.2) is 10.9 Å². The van der Waals surface area contributed by atoms with Crippen molar-refractivity contribution in [1.29, 1.82) is 0 Å². The molecule has 0 amide bonds. The van der Waals surface area contributed by atoms with Crippen molar-refractivity contribution in [1.82, 2.24) is 19.7 Å². The number of fused-ring (bicyclic) bond motifs is 1. The van der Waals surface area contributed by atoms with Crippen molar-refractivity contribution in [2.24, 2.45) is 7.05 Å². The molecule has 0 fully saturated rings. The lowest BCUT2D eigenvalue weighted by Crippen LogP contribution is -2.14. The van der Waals surface area contributed by atoms with E-state index in [9.17, 15) is 4.79 Å². The van der Waals surface area contributed by atoms with Crippen LogP contribution in [0.2, 0.25) is 0 Å². The van der Waals surface area contributed by atoms with Gasteiger partial charge in [0.2, 0.25) is 0 Å². The molecule has 6 heteroatoms. The van der Waals surface area contributed by atoms with Gasteiger partial charge in [-0.1, -0.05) is 30.0 Å². The summed E-state index contributed by atoms with van der Waals surface area (Å²) in [5.41, 5.74) is 1.70. The highest BCUT2D eigenvalue weighted by Gasteiger charge is 2.21. The summed E-state index contributed by atoms with van der Waals surface area (Å²) in [6, 6.07) is 7.81. The number of aryl methyl sites for hydroxylation is 1. The van der Waals surface area contributed by atoms with Gasteiger partial charge in [-0.05, 0) is 13.0 Å². The minimum atomic E-state index is -0.211. The average molecular weight is 286 g/mol. The topological polar surface area (TPSA) is 63.6 Å². The molecule has 2 heterocycles. The number of para-hydroxylation sites is 1. The number of thioether (sulfide) groups is 1. The number of carbonyl (C=O) groups is 1. The summed E-state index contributed by atoms with van der Waals surface area (Å²) in [5, 5.41) is 9.31. The third-order valence-corrected chi connectivity index (χ3v) is 4.32. The molecular formula is C14H14N4OS. The number of rotatable bonds is 4. The van der Waals surface area contributed by atoms with E-state index < -0.39 is 0 Å². The number of hydrogen-bond donors (Lipinski definition) is 1. The Morgan fingerprint density at radius 3 is 2.95 bits per heavy atom. The number of ketones is 1. The molecule has 1 aromatic carbocycles. The molecule has 0 aliphatic heterocycles. The number of nitrogens with zero attached hydrogens (tertiary/aromatic N) is 3. The Balaban J connectivity index is 1.87. The fourth-order valence-corrected chi connectivity index (χ4v) is 2.94. The van der Waals surface area contributed by atoms with Crippen LogP contribution in [0.4, 0.5) is 0 Å². The number of H-pyrrole nitrogens is 1. The van der Waals surface area contributed by atoms with Gasteiger partial charge in [0.1, 0.15) is 6.33 Å². The molecule has 1 atom stereocenters. The van der Waals surface area contributed by atoms with Crippen LogP contribution in [-0.4, -0.2) is 30.8 Å². The molecule has 0 saturated heterocycles. The van der Waals surface area contributed by atoms with Crippen molar-refractivity contribution in [2.45, 2.75) is 17.3 Å². The maximum Gasteiger partial charge on any atom is 0.191 e. The van der Waals surface area contributed by atoms with E-state index in [1.165, 1.54) is 11.8 Å². The second kappa shape index (κ2) is 5.13. The number of aromatic amines is 1. The van der Waals surface area contributed by atoms with Crippen LogP contribution in [0.1, 0.15) is 17.3 Å². The Morgan fingerprint density at radius 1 is 1.40 bits per heavy atom. The summed E-state index contributed by atoms with van der Waals surface area (Å²) in [6.07, 6.45) is 3.41. The zero-order valence-corrected chi connectivity index (χ0v) is 12.0. The fourth-order valence-electron chi connectivity index (χ4n) is 2.09. The molecule has 2 aromatic heterocycles. The van der Waals surface area contributed by atoms with Crippen molar-refractivity contribution in [3.63, 3.8) is 0 Å². The molecule has 0 radical (unpaired) electrons. The van der Waals surface area contributed by atoms with E-state index in [1.807, 2.05) is 42.8 Å². The second-order valence-electron chi connectivity index (χ2n) is 4.60. The lowest BCUT2D eigenvalue weighted by molar-refractivity contribution is 0.0995. The highest BCUT2D eigenvalue weighted by atomic mass is 32.2. The largest absolute Gasteiger partial charge is 0.360 e. The van der Waals surface area contributed by atoms with Crippen molar-refractivity contribution in [3.8, 4) is 0 Å². The molecule has 3 rings (SSSR count). The van der Waals surface area contributed by atoms with Gasteiger partial charge in [0.25, 0.3) is 0 Å². The minimum Gasteiger partial charge on any atom is -0.360 e. The van der Waals surface area contributed by atoms with Crippen LogP contribution in [0.25, 0.3) is 10.9 Å². The van der Waals surface area contributed by atoms with E-state index in [0.717, 1.165) is 21.6 Å². The summed E-state index contributed by atoms with van der Waals surface area (Å²) < 4.78 is 1.81. The van der Waals surface area contributed by atoms with E-state index in [4.69, 9.17) is 0 Å². The molecule has 1 N–H and O–H groups in total. The predicted molar refractivity (Wildman–Crippen MR) is 79.0 cm³/mol. The van der Waals surface area contributed by atoms with Gasteiger partial charge in [0, 0.05) is 29.7 Å². The van der Waals surface area contributed by atoms with E-state index >= 15 is 0 Å². The summed E-state index contributed by atoms with van der Waals surface area (Å²) >= 11 is 1.42. The summed E-state index contributed by atoms with van der Waals surface area (Å²) in [4.78, 5) is 15.7. The van der Waals surface area contributed by atoms with Crippen molar-refractivity contribution in [2.75, 3.05) is 0 Å². The molecule has 3 aromatic rings. The minimum absolute atomic E-state index is 0.0930. The molecule has 0 unspecified atom stereocenters. The molecule has 0 saturated carbocycles. The van der Waals surface area contributed by atoms with Gasteiger partial charge in [-0.2, -0.15) is 0 Å². The quantitative estimate of drug-likeness (QED) is 0.591. The van der Waals surface area contributed by atoms with Crippen LogP contribution in [0, 0.1) is 0 Å². The first kappa shape index (κ1) is 12.9. The summed E-state index contributed by atoms with van der Waals surface area (Å²) in [5.74, 6) is 0.0930. The second-order valence-corrected chi connectivity index (χ2v) is 5.90. The molecule has 0 bridgehead atoms. The lowest BCUT2D eigenvalue weighted by Gasteiger charge is -2.08. The molecule has 0 spiro atoms. The lowest BCUT2D eigenvalue weighted by atomic mass is 10.1. The Kier molecular flexibility index (Phi) is 3.31. The van der Waals surface area contributed by atoms with E-state index in [-0.39, 0.29) is 11.0 Å². The third-order valence-electron chi connectivity index (χ3n) is 3.18. The van der Waals surface area contributed by atoms with Crippen molar-refractivity contribution in [3.05, 3.63) is 42.4 Å². The van der Waals surface area contributed by atoms with Crippen LogP contribution < -0.4 is 0 Å². The van der Waals surface area contributed by atoms with Crippen molar-refractivity contribution < 1.29 is 4.79 Å². The van der Waals surface area contributed by atoms with Crippen LogP contribution in [0.15, 0.2) is 41.9 Å². The van der Waals surface area contributed by atoms with E-state index in [2.05, 4.69) is 15.2 Å². The van der Waals surface area contributed by atoms with Gasteiger partial charge in [-0.25, -0.2) is 0 Å². The smallest absolute Gasteiger partial charge is 0.191 e. The Bertz CT molecular complexity index is 761. The maximum absolute atomic E-state index is 12.6. The number of carbonyl (C=O) groups excluding carboxylic acids is 1. The summed E-state index contributed by atoms with van der Waals surface area (Å²) in [6.45, 7) is 1.89. The molecule has 20 heavy (non-hydrogen) atoms. The highest BCUT2D eigenvalue weighted by Crippen LogP contribution is 2.26. The molecule has 102 valence electrons. The first-order valence-corrected chi connectivity index (χ1v) is 7.16. The number of hydrogen-bond acceptors (Lipinski definition) is 4. The maximum atomic E-state index is 12.6. The third kappa shape index (κ3) is 2.22. The molecule has 5 nitrogen and oxygen atoms in total. The van der Waals surface area contributed by atoms with Crippen LogP contribution in [0.5, 0.6) is 0 Å². The van der Waals surface area contributed by atoms with Gasteiger partial charge < -0.3 is 9.55 Å². The first-order chi connectivity index (χ1) is 9.66. The highest BCUT2D eigenvalue weighted by molar-refractivity contribution is 8.00.